The van der Waals surface area contributed by atoms with Crippen molar-refractivity contribution in [3.05, 3.63) is 46.4 Å². The van der Waals surface area contributed by atoms with Crippen LogP contribution in [0.2, 0.25) is 0 Å². The number of aromatic hydroxyl groups is 1. The number of phenols is 1. The van der Waals surface area contributed by atoms with Gasteiger partial charge in [0.15, 0.2) is 0 Å². The van der Waals surface area contributed by atoms with Gasteiger partial charge in [-0.1, -0.05) is 38.1 Å². The van der Waals surface area contributed by atoms with E-state index in [9.17, 15) is 5.11 Å². The van der Waals surface area contributed by atoms with Crippen molar-refractivity contribution < 1.29 is 5.11 Å². The van der Waals surface area contributed by atoms with E-state index in [1.54, 1.807) is 12.1 Å². The molecule has 1 heterocycles. The molecular formula is C18H21BrN4O. The largest absolute Gasteiger partial charge is 0.508 e. The average Bonchev–Trinajstić information content (AvgIpc) is 2.89. The minimum atomic E-state index is 0.138. The van der Waals surface area contributed by atoms with Crippen LogP contribution in [0.25, 0.3) is 11.0 Å². The van der Waals surface area contributed by atoms with Crippen molar-refractivity contribution >= 4 is 32.7 Å². The number of hydrogen-bond donors (Lipinski definition) is 2. The second kappa shape index (κ2) is 6.43. The highest BCUT2D eigenvalue weighted by Gasteiger charge is 2.16. The molecule has 0 saturated carbocycles. The summed E-state index contributed by atoms with van der Waals surface area (Å²) in [6.45, 7) is 7.98. The molecule has 0 aliphatic carbocycles. The molecule has 1 aromatic heterocycles. The molecule has 0 aliphatic heterocycles. The van der Waals surface area contributed by atoms with E-state index in [-0.39, 0.29) is 11.2 Å². The van der Waals surface area contributed by atoms with E-state index in [0.29, 0.717) is 6.54 Å². The number of phenolic OH excluding ortho intramolecular Hbond substituents is 1. The van der Waals surface area contributed by atoms with E-state index in [1.165, 1.54) is 0 Å². The molecule has 0 fully saturated rings. The third-order valence-corrected chi connectivity index (χ3v) is 4.45. The summed E-state index contributed by atoms with van der Waals surface area (Å²) in [6, 6.07) is 11.3. The van der Waals surface area contributed by atoms with E-state index >= 15 is 0 Å². The first kappa shape index (κ1) is 16.8. The number of aromatic nitrogens is 3. The molecule has 0 saturated heterocycles. The van der Waals surface area contributed by atoms with Gasteiger partial charge in [0.25, 0.3) is 0 Å². The smallest absolute Gasteiger partial charge is 0.129 e. The zero-order valence-corrected chi connectivity index (χ0v) is 15.6. The summed E-state index contributed by atoms with van der Waals surface area (Å²) in [6.07, 6.45) is 0. The monoisotopic (exact) mass is 388 g/mol. The molecule has 2 aromatic carbocycles. The second-order valence-electron chi connectivity index (χ2n) is 7.13. The molecule has 2 N–H and O–H groups in total. The summed E-state index contributed by atoms with van der Waals surface area (Å²) >= 11 is 3.64. The van der Waals surface area contributed by atoms with Gasteiger partial charge >= 0.3 is 0 Å². The Hall–Kier alpha value is -2.08. The first-order valence-corrected chi connectivity index (χ1v) is 8.66. The predicted molar refractivity (Wildman–Crippen MR) is 100 cm³/mol. The maximum Gasteiger partial charge on any atom is 0.129 e. The van der Waals surface area contributed by atoms with Crippen LogP contribution in [0.4, 0.5) is 5.69 Å². The average molecular weight is 389 g/mol. The van der Waals surface area contributed by atoms with E-state index in [4.69, 9.17) is 0 Å². The number of nitrogens with one attached hydrogen (secondary N) is 1. The fraction of sp³-hybridized carbons (Fsp3) is 0.333. The van der Waals surface area contributed by atoms with Crippen LogP contribution >= 0.6 is 15.9 Å². The van der Waals surface area contributed by atoms with Crippen LogP contribution in [0.1, 0.15) is 26.3 Å². The van der Waals surface area contributed by atoms with E-state index < -0.39 is 0 Å². The molecule has 5 nitrogen and oxygen atoms in total. The summed E-state index contributed by atoms with van der Waals surface area (Å²) in [7, 11) is 0. The highest BCUT2D eigenvalue weighted by atomic mass is 79.9. The molecule has 3 aromatic rings. The molecule has 3 rings (SSSR count). The summed E-state index contributed by atoms with van der Waals surface area (Å²) in [5, 5.41) is 21.5. The Labute approximate surface area is 149 Å². The highest BCUT2D eigenvalue weighted by molar-refractivity contribution is 9.10. The normalized spacial score (nSPS) is 11.8. The number of fused-ring (bicyclic) bond motifs is 1. The molecule has 0 aliphatic rings. The summed E-state index contributed by atoms with van der Waals surface area (Å²) in [5.41, 5.74) is 3.96. The Morgan fingerprint density at radius 3 is 2.71 bits per heavy atom. The number of halogens is 1. The summed E-state index contributed by atoms with van der Waals surface area (Å²) in [4.78, 5) is 0. The molecule has 24 heavy (non-hydrogen) atoms. The second-order valence-corrected chi connectivity index (χ2v) is 7.92. The lowest BCUT2D eigenvalue weighted by Crippen LogP contribution is -2.16. The first-order chi connectivity index (χ1) is 11.3. The van der Waals surface area contributed by atoms with Crippen molar-refractivity contribution in [2.75, 3.05) is 5.32 Å². The molecule has 0 amide bonds. The van der Waals surface area contributed by atoms with Crippen LogP contribution in [-0.4, -0.2) is 20.1 Å². The lowest BCUT2D eigenvalue weighted by molar-refractivity contribution is 0.327. The molecule has 0 spiro atoms. The molecule has 6 heteroatoms. The lowest BCUT2D eigenvalue weighted by atomic mass is 9.97. The number of nitrogens with zero attached hydrogens (tertiary/aromatic N) is 3. The van der Waals surface area contributed by atoms with Crippen LogP contribution in [0.3, 0.4) is 0 Å². The van der Waals surface area contributed by atoms with Gasteiger partial charge in [0.1, 0.15) is 11.3 Å². The van der Waals surface area contributed by atoms with Crippen LogP contribution in [-0.2, 0) is 13.1 Å². The van der Waals surface area contributed by atoms with Crippen molar-refractivity contribution in [1.82, 2.24) is 15.0 Å². The van der Waals surface area contributed by atoms with Gasteiger partial charge < -0.3 is 10.4 Å². The van der Waals surface area contributed by atoms with E-state index in [1.807, 2.05) is 28.9 Å². The first-order valence-electron chi connectivity index (χ1n) is 7.87. The van der Waals surface area contributed by atoms with Gasteiger partial charge in [-0.2, -0.15) is 0 Å². The van der Waals surface area contributed by atoms with Gasteiger partial charge in [0.2, 0.25) is 0 Å². The third-order valence-electron chi connectivity index (χ3n) is 3.64. The topological polar surface area (TPSA) is 63.0 Å². The molecular weight excluding hydrogens is 368 g/mol. The van der Waals surface area contributed by atoms with Gasteiger partial charge in [-0.25, -0.2) is 4.68 Å². The van der Waals surface area contributed by atoms with E-state index in [2.05, 4.69) is 52.3 Å². The molecule has 0 radical (unpaired) electrons. The number of rotatable bonds is 4. The quantitative estimate of drug-likeness (QED) is 0.687. The number of benzene rings is 2. The van der Waals surface area contributed by atoms with Crippen LogP contribution in [0, 0.1) is 5.41 Å². The Morgan fingerprint density at radius 1 is 1.21 bits per heavy atom. The van der Waals surface area contributed by atoms with Gasteiger partial charge in [-0.05, 0) is 51.2 Å². The minimum Gasteiger partial charge on any atom is -0.508 e. The maximum atomic E-state index is 9.54. The minimum absolute atomic E-state index is 0.138. The number of anilines is 1. The molecule has 0 unspecified atom stereocenters. The predicted octanol–water partition coefficient (Wildman–Crippen LogP) is 4.56. The summed E-state index contributed by atoms with van der Waals surface area (Å²) < 4.78 is 2.85. The number of hydrogen-bond acceptors (Lipinski definition) is 4. The Bertz CT molecular complexity index is 867. The van der Waals surface area contributed by atoms with Crippen LogP contribution in [0.5, 0.6) is 5.75 Å². The van der Waals surface area contributed by atoms with E-state index in [0.717, 1.165) is 33.3 Å². The van der Waals surface area contributed by atoms with Gasteiger partial charge in [0, 0.05) is 13.1 Å². The van der Waals surface area contributed by atoms with Crippen molar-refractivity contribution in [3.63, 3.8) is 0 Å². The highest BCUT2D eigenvalue weighted by Crippen LogP contribution is 2.31. The Kier molecular flexibility index (Phi) is 4.49. The maximum absolute atomic E-state index is 9.54. The van der Waals surface area contributed by atoms with Crippen LogP contribution < -0.4 is 5.32 Å². The fourth-order valence-electron chi connectivity index (χ4n) is 2.57. The SMILES string of the molecule is CC(C)(C)Cn1nnc2c(Br)c(NCc3cccc(O)c3)ccc21. The lowest BCUT2D eigenvalue weighted by Gasteiger charge is -2.18. The zero-order valence-electron chi connectivity index (χ0n) is 14.0. The van der Waals surface area contributed by atoms with Crippen molar-refractivity contribution in [2.45, 2.75) is 33.9 Å². The van der Waals surface area contributed by atoms with Gasteiger partial charge in [0.05, 0.1) is 15.7 Å². The molecule has 126 valence electrons. The fourth-order valence-corrected chi connectivity index (χ4v) is 3.13. The van der Waals surface area contributed by atoms with Crippen LogP contribution in [0.15, 0.2) is 40.9 Å². The van der Waals surface area contributed by atoms with Gasteiger partial charge in [-0.15, -0.1) is 5.10 Å². The Balaban J connectivity index is 1.84. The van der Waals surface area contributed by atoms with Gasteiger partial charge in [-0.3, -0.25) is 0 Å². The standard InChI is InChI=1S/C18H21BrN4O/c1-18(2,3)11-23-15-8-7-14(16(19)17(15)21-22-23)20-10-12-5-4-6-13(24)9-12/h4-9,20,24H,10-11H2,1-3H3. The third kappa shape index (κ3) is 3.70. The van der Waals surface area contributed by atoms with Crippen molar-refractivity contribution in [1.29, 1.82) is 0 Å². The van der Waals surface area contributed by atoms with Crippen molar-refractivity contribution in [2.24, 2.45) is 5.41 Å². The van der Waals surface area contributed by atoms with Crippen molar-refractivity contribution in [3.8, 4) is 5.75 Å². The summed E-state index contributed by atoms with van der Waals surface area (Å²) in [5.74, 6) is 0.272. The molecule has 0 bridgehead atoms. The zero-order chi connectivity index (χ0) is 17.3. The Morgan fingerprint density at radius 2 is 2.00 bits per heavy atom. The molecule has 0 atom stereocenters.